The third kappa shape index (κ3) is 3.73. The van der Waals surface area contributed by atoms with Crippen molar-refractivity contribution in [2.24, 2.45) is 0 Å². The van der Waals surface area contributed by atoms with Crippen LogP contribution in [-0.4, -0.2) is 32.3 Å². The number of hydrogen-bond acceptors (Lipinski definition) is 5. The van der Waals surface area contributed by atoms with Gasteiger partial charge in [-0.3, -0.25) is 14.5 Å². The molecule has 0 spiro atoms. The lowest BCUT2D eigenvalue weighted by Gasteiger charge is -2.08. The van der Waals surface area contributed by atoms with E-state index in [9.17, 15) is 14.4 Å². The second-order valence-corrected chi connectivity index (χ2v) is 6.45. The zero-order chi connectivity index (χ0) is 20.2. The van der Waals surface area contributed by atoms with Crippen LogP contribution in [0, 0.1) is 0 Å². The third-order valence-electron chi connectivity index (χ3n) is 4.57. The number of nitrogens with one attached hydrogen (secondary N) is 2. The molecule has 2 aromatic heterocycles. The van der Waals surface area contributed by atoms with Gasteiger partial charge >= 0.3 is 11.7 Å². The van der Waals surface area contributed by atoms with Crippen LogP contribution in [0.4, 0.5) is 0 Å². The minimum atomic E-state index is -0.516. The number of carbonyl (C=O) groups is 1. The van der Waals surface area contributed by atoms with Crippen molar-refractivity contribution in [1.29, 1.82) is 0 Å². The van der Waals surface area contributed by atoms with Crippen molar-refractivity contribution in [1.82, 2.24) is 19.7 Å². The van der Waals surface area contributed by atoms with Crippen LogP contribution in [0.5, 0.6) is 0 Å². The Morgan fingerprint density at radius 1 is 1.03 bits per heavy atom. The molecule has 0 aliphatic rings. The number of aromatic amines is 2. The van der Waals surface area contributed by atoms with Gasteiger partial charge < -0.3 is 9.72 Å². The summed E-state index contributed by atoms with van der Waals surface area (Å²) in [5, 5.41) is 7.18. The van der Waals surface area contributed by atoms with Gasteiger partial charge in [-0.25, -0.2) is 9.59 Å². The molecule has 146 valence electrons. The van der Waals surface area contributed by atoms with Gasteiger partial charge in [0.1, 0.15) is 5.56 Å². The van der Waals surface area contributed by atoms with Gasteiger partial charge in [-0.2, -0.15) is 5.10 Å². The molecule has 8 heteroatoms. The van der Waals surface area contributed by atoms with Gasteiger partial charge in [-0.15, -0.1) is 0 Å². The maximum absolute atomic E-state index is 12.5. The van der Waals surface area contributed by atoms with Gasteiger partial charge in [0.15, 0.2) is 0 Å². The zero-order valence-electron chi connectivity index (χ0n) is 15.4. The van der Waals surface area contributed by atoms with Gasteiger partial charge in [-0.1, -0.05) is 42.5 Å². The summed E-state index contributed by atoms with van der Waals surface area (Å²) < 4.78 is 6.43. The second kappa shape index (κ2) is 7.97. The highest BCUT2D eigenvalue weighted by molar-refractivity contribution is 5.95. The van der Waals surface area contributed by atoms with Crippen molar-refractivity contribution in [3.63, 3.8) is 0 Å². The lowest BCUT2D eigenvalue weighted by atomic mass is 10.1. The van der Waals surface area contributed by atoms with E-state index < -0.39 is 11.7 Å². The number of benzene rings is 2. The topological polar surface area (TPSA) is 110 Å². The summed E-state index contributed by atoms with van der Waals surface area (Å²) in [6, 6.07) is 16.2. The SMILES string of the molecule is O=C(OCCCn1c(=O)[nH]c2ccccc2c1=O)c1cn[nH]c1-c1ccccc1. The largest absolute Gasteiger partial charge is 0.462 e. The van der Waals surface area contributed by atoms with Crippen LogP contribution in [0.1, 0.15) is 16.8 Å². The first kappa shape index (κ1) is 18.4. The second-order valence-electron chi connectivity index (χ2n) is 6.45. The van der Waals surface area contributed by atoms with Gasteiger partial charge in [0.25, 0.3) is 5.56 Å². The Kier molecular flexibility index (Phi) is 5.07. The van der Waals surface area contributed by atoms with Crippen LogP contribution in [0.2, 0.25) is 0 Å². The molecule has 0 unspecified atom stereocenters. The summed E-state index contributed by atoms with van der Waals surface area (Å²) in [5.74, 6) is -0.516. The first-order chi connectivity index (χ1) is 14.1. The molecule has 0 saturated carbocycles. The van der Waals surface area contributed by atoms with Crippen molar-refractivity contribution in [3.8, 4) is 11.3 Å². The Hall–Kier alpha value is -3.94. The molecule has 29 heavy (non-hydrogen) atoms. The number of fused-ring (bicyclic) bond motifs is 1. The molecule has 0 bridgehead atoms. The number of para-hydroxylation sites is 1. The molecule has 0 radical (unpaired) electrons. The number of aromatic nitrogens is 4. The van der Waals surface area contributed by atoms with E-state index in [1.165, 1.54) is 6.20 Å². The average molecular weight is 390 g/mol. The molecule has 0 aliphatic heterocycles. The molecule has 0 atom stereocenters. The number of ether oxygens (including phenoxy) is 1. The molecule has 8 nitrogen and oxygen atoms in total. The van der Waals surface area contributed by atoms with Gasteiger partial charge in [0, 0.05) is 12.1 Å². The molecule has 4 aromatic rings. The van der Waals surface area contributed by atoms with Crippen molar-refractivity contribution in [3.05, 3.63) is 87.2 Å². The number of carbonyl (C=O) groups excluding carboxylic acids is 1. The summed E-state index contributed by atoms with van der Waals surface area (Å²) in [7, 11) is 0. The van der Waals surface area contributed by atoms with Crippen LogP contribution < -0.4 is 11.2 Å². The Morgan fingerprint density at radius 3 is 2.62 bits per heavy atom. The van der Waals surface area contributed by atoms with Crippen molar-refractivity contribution in [2.75, 3.05) is 6.61 Å². The Balaban J connectivity index is 1.42. The molecule has 0 amide bonds. The fourth-order valence-electron chi connectivity index (χ4n) is 3.13. The fourth-order valence-corrected chi connectivity index (χ4v) is 3.13. The van der Waals surface area contributed by atoms with Crippen molar-refractivity contribution < 1.29 is 9.53 Å². The minimum Gasteiger partial charge on any atom is -0.462 e. The van der Waals surface area contributed by atoms with Gasteiger partial charge in [-0.05, 0) is 18.6 Å². The highest BCUT2D eigenvalue weighted by Crippen LogP contribution is 2.21. The van der Waals surface area contributed by atoms with Gasteiger partial charge in [0.05, 0.1) is 29.4 Å². The normalized spacial score (nSPS) is 10.9. The number of nitrogens with zero attached hydrogens (tertiary/aromatic N) is 2. The van der Waals surface area contributed by atoms with E-state index in [4.69, 9.17) is 4.74 Å². The lowest BCUT2D eigenvalue weighted by molar-refractivity contribution is 0.0496. The Labute approximate surface area is 164 Å². The minimum absolute atomic E-state index is 0.0664. The van der Waals surface area contributed by atoms with Crippen molar-refractivity contribution >= 4 is 16.9 Å². The smallest absolute Gasteiger partial charge is 0.341 e. The van der Waals surface area contributed by atoms with Crippen LogP contribution in [0.3, 0.4) is 0 Å². The van der Waals surface area contributed by atoms with E-state index in [1.54, 1.807) is 24.3 Å². The maximum Gasteiger partial charge on any atom is 0.341 e. The summed E-state index contributed by atoms with van der Waals surface area (Å²) >= 11 is 0. The average Bonchev–Trinajstić information content (AvgIpc) is 3.23. The number of H-pyrrole nitrogens is 2. The van der Waals surface area contributed by atoms with Crippen LogP contribution >= 0.6 is 0 Å². The van der Waals surface area contributed by atoms with E-state index >= 15 is 0 Å². The van der Waals surface area contributed by atoms with E-state index in [-0.39, 0.29) is 18.7 Å². The van der Waals surface area contributed by atoms with E-state index in [0.29, 0.717) is 28.6 Å². The first-order valence-corrected chi connectivity index (χ1v) is 9.13. The predicted molar refractivity (Wildman–Crippen MR) is 108 cm³/mol. The fraction of sp³-hybridized carbons (Fsp3) is 0.143. The van der Waals surface area contributed by atoms with Crippen LogP contribution in [-0.2, 0) is 11.3 Å². The molecule has 2 N–H and O–H groups in total. The maximum atomic E-state index is 12.5. The molecule has 0 aliphatic carbocycles. The summed E-state index contributed by atoms with van der Waals surface area (Å²) in [6.07, 6.45) is 1.74. The molecule has 0 saturated heterocycles. The molecule has 2 aromatic carbocycles. The van der Waals surface area contributed by atoms with Crippen molar-refractivity contribution in [2.45, 2.75) is 13.0 Å². The molecular formula is C21H18N4O4. The summed E-state index contributed by atoms with van der Waals surface area (Å²) in [4.78, 5) is 39.7. The highest BCUT2D eigenvalue weighted by atomic mass is 16.5. The number of esters is 1. The number of hydrogen-bond donors (Lipinski definition) is 2. The van der Waals surface area contributed by atoms with E-state index in [2.05, 4.69) is 15.2 Å². The summed E-state index contributed by atoms with van der Waals surface area (Å²) in [6.45, 7) is 0.208. The number of rotatable bonds is 6. The molecule has 4 rings (SSSR count). The quantitative estimate of drug-likeness (QED) is 0.388. The lowest BCUT2D eigenvalue weighted by Crippen LogP contribution is -2.35. The zero-order valence-corrected chi connectivity index (χ0v) is 15.4. The van der Waals surface area contributed by atoms with Gasteiger partial charge in [0.2, 0.25) is 0 Å². The van der Waals surface area contributed by atoms with E-state index in [1.807, 2.05) is 30.3 Å². The predicted octanol–water partition coefficient (Wildman–Crippen LogP) is 2.33. The van der Waals surface area contributed by atoms with E-state index in [0.717, 1.165) is 10.1 Å². The molecule has 0 fully saturated rings. The highest BCUT2D eigenvalue weighted by Gasteiger charge is 2.16. The standard InChI is InChI=1S/C21H18N4O4/c26-19-15-9-4-5-10-17(15)23-21(28)25(19)11-6-12-29-20(27)16-13-22-24-18(16)14-7-2-1-3-8-14/h1-5,7-10,13H,6,11-12H2,(H,22,24)(H,23,28). The monoisotopic (exact) mass is 390 g/mol. The summed E-state index contributed by atoms with van der Waals surface area (Å²) in [5.41, 5.74) is 1.39. The Morgan fingerprint density at radius 2 is 1.79 bits per heavy atom. The third-order valence-corrected chi connectivity index (χ3v) is 4.57. The van der Waals surface area contributed by atoms with Crippen LogP contribution in [0.15, 0.2) is 70.4 Å². The van der Waals surface area contributed by atoms with Crippen LogP contribution in [0.25, 0.3) is 22.2 Å². The molecular weight excluding hydrogens is 372 g/mol. The first-order valence-electron chi connectivity index (χ1n) is 9.13. The Bertz CT molecular complexity index is 1270. The molecule has 2 heterocycles.